The number of halogens is 1. The van der Waals surface area contributed by atoms with Crippen molar-refractivity contribution in [2.45, 2.75) is 6.42 Å². The first kappa shape index (κ1) is 15.6. The van der Waals surface area contributed by atoms with Crippen LogP contribution in [0.25, 0.3) is 0 Å². The molecule has 0 atom stereocenters. The molecular formula is C15H16INO2. The highest BCUT2D eigenvalue weighted by Gasteiger charge is 2.13. The minimum absolute atomic E-state index is 0. The van der Waals surface area contributed by atoms with Crippen LogP contribution < -0.4 is 33.3 Å². The molecule has 1 heterocycles. The first-order valence-corrected chi connectivity index (χ1v) is 5.81. The maximum Gasteiger partial charge on any atom is 0.188 e. The van der Waals surface area contributed by atoms with Crippen LogP contribution in [0, 0.1) is 0 Å². The topological polar surface area (TPSA) is 30.2 Å². The Morgan fingerprint density at radius 1 is 1.16 bits per heavy atom. The van der Waals surface area contributed by atoms with E-state index in [-0.39, 0.29) is 29.8 Å². The number of carbonyl (C=O) groups excluding carboxylic acids is 1. The van der Waals surface area contributed by atoms with Crippen molar-refractivity contribution in [3.63, 3.8) is 0 Å². The zero-order valence-electron chi connectivity index (χ0n) is 11.0. The number of pyridine rings is 1. The Morgan fingerprint density at radius 2 is 1.84 bits per heavy atom. The number of hydrogen-bond acceptors (Lipinski definition) is 2. The van der Waals surface area contributed by atoms with Crippen molar-refractivity contribution < 1.29 is 38.1 Å². The van der Waals surface area contributed by atoms with Gasteiger partial charge in [-0.15, -0.1) is 0 Å². The van der Waals surface area contributed by atoms with Crippen molar-refractivity contribution >= 4 is 5.78 Å². The predicted molar refractivity (Wildman–Crippen MR) is 68.6 cm³/mol. The molecule has 4 heteroatoms. The number of aromatic nitrogens is 1. The average Bonchev–Trinajstić information content (AvgIpc) is 2.41. The number of rotatable bonds is 4. The van der Waals surface area contributed by atoms with Crippen LogP contribution in [0.2, 0.25) is 0 Å². The van der Waals surface area contributed by atoms with Crippen molar-refractivity contribution in [1.82, 2.24) is 0 Å². The van der Waals surface area contributed by atoms with Crippen LogP contribution in [0.3, 0.4) is 0 Å². The number of methoxy groups -OCH3 is 1. The Kier molecular flexibility index (Phi) is 5.95. The Bertz CT molecular complexity index is 552. The molecule has 0 saturated carbocycles. The molecule has 0 aliphatic rings. The lowest BCUT2D eigenvalue weighted by molar-refractivity contribution is -0.678. The molecule has 1 aromatic carbocycles. The fraction of sp³-hybridized carbons (Fsp3) is 0.200. The van der Waals surface area contributed by atoms with E-state index < -0.39 is 0 Å². The molecule has 0 bridgehead atoms. The summed E-state index contributed by atoms with van der Waals surface area (Å²) < 4.78 is 7.03. The molecule has 2 rings (SSSR count). The lowest BCUT2D eigenvalue weighted by Crippen LogP contribution is -3.00. The summed E-state index contributed by atoms with van der Waals surface area (Å²) in [6, 6.07) is 13.0. The first-order chi connectivity index (χ1) is 8.70. The molecular weight excluding hydrogens is 353 g/mol. The second-order valence-corrected chi connectivity index (χ2v) is 4.13. The molecule has 0 N–H and O–H groups in total. The Morgan fingerprint density at radius 3 is 2.42 bits per heavy atom. The van der Waals surface area contributed by atoms with Gasteiger partial charge in [0.1, 0.15) is 12.8 Å². The van der Waals surface area contributed by atoms with E-state index in [4.69, 9.17) is 4.74 Å². The SMILES string of the molecule is COc1ccc(C(=O)Cc2cccc[n+]2C)cc1.[I-]. The van der Waals surface area contributed by atoms with Crippen molar-refractivity contribution in [3.05, 3.63) is 59.9 Å². The number of Topliss-reactive ketones (excluding diaryl/α,β-unsaturated/α-hetero) is 1. The third kappa shape index (κ3) is 4.02. The average molecular weight is 369 g/mol. The van der Waals surface area contributed by atoms with Crippen LogP contribution >= 0.6 is 0 Å². The minimum Gasteiger partial charge on any atom is -1.00 e. The van der Waals surface area contributed by atoms with Gasteiger partial charge >= 0.3 is 0 Å². The van der Waals surface area contributed by atoms with E-state index in [2.05, 4.69) is 0 Å². The van der Waals surface area contributed by atoms with Gasteiger partial charge in [-0.3, -0.25) is 4.79 Å². The number of aryl methyl sites for hydroxylation is 1. The molecule has 0 aliphatic carbocycles. The van der Waals surface area contributed by atoms with Crippen LogP contribution in [0.1, 0.15) is 16.1 Å². The van der Waals surface area contributed by atoms with Gasteiger partial charge in [0.25, 0.3) is 0 Å². The molecule has 0 spiro atoms. The molecule has 0 fully saturated rings. The van der Waals surface area contributed by atoms with Crippen LogP contribution in [0.15, 0.2) is 48.7 Å². The minimum atomic E-state index is 0. The van der Waals surface area contributed by atoms with E-state index in [9.17, 15) is 4.79 Å². The van der Waals surface area contributed by atoms with Crippen LogP contribution in [0.5, 0.6) is 5.75 Å². The fourth-order valence-corrected chi connectivity index (χ4v) is 1.79. The van der Waals surface area contributed by atoms with Gasteiger partial charge in [0.05, 0.1) is 13.5 Å². The molecule has 0 saturated heterocycles. The highest BCUT2D eigenvalue weighted by Crippen LogP contribution is 2.12. The van der Waals surface area contributed by atoms with Crippen LogP contribution in [-0.4, -0.2) is 12.9 Å². The predicted octanol–water partition coefficient (Wildman–Crippen LogP) is -1.05. The van der Waals surface area contributed by atoms with Crippen LogP contribution in [-0.2, 0) is 13.5 Å². The van der Waals surface area contributed by atoms with Gasteiger partial charge in [0.15, 0.2) is 17.7 Å². The summed E-state index contributed by atoms with van der Waals surface area (Å²) >= 11 is 0. The van der Waals surface area contributed by atoms with E-state index in [0.29, 0.717) is 12.0 Å². The van der Waals surface area contributed by atoms with Gasteiger partial charge in [0.2, 0.25) is 0 Å². The van der Waals surface area contributed by atoms with Gasteiger partial charge in [-0.2, -0.15) is 0 Å². The molecule has 1 aromatic heterocycles. The lowest BCUT2D eigenvalue weighted by atomic mass is 10.1. The molecule has 19 heavy (non-hydrogen) atoms. The lowest BCUT2D eigenvalue weighted by Gasteiger charge is -2.02. The summed E-state index contributed by atoms with van der Waals surface area (Å²) in [5.74, 6) is 0.872. The Labute approximate surface area is 130 Å². The molecule has 2 aromatic rings. The second-order valence-electron chi connectivity index (χ2n) is 4.13. The highest BCUT2D eigenvalue weighted by molar-refractivity contribution is 5.97. The van der Waals surface area contributed by atoms with Gasteiger partial charge in [-0.05, 0) is 24.3 Å². The molecule has 3 nitrogen and oxygen atoms in total. The number of carbonyl (C=O) groups is 1. The van der Waals surface area contributed by atoms with E-state index in [0.717, 1.165) is 11.4 Å². The standard InChI is InChI=1S/C15H16NO2.HI/c1-16-10-4-3-5-13(16)11-15(17)12-6-8-14(18-2)9-7-12;/h3-10H,11H2,1-2H3;1H/q+1;/p-1. The van der Waals surface area contributed by atoms with Crippen molar-refractivity contribution in [2.75, 3.05) is 7.11 Å². The molecule has 0 amide bonds. The summed E-state index contributed by atoms with van der Waals surface area (Å²) in [5.41, 5.74) is 1.71. The van der Waals surface area contributed by atoms with Gasteiger partial charge in [-0.25, -0.2) is 4.57 Å². The summed E-state index contributed by atoms with van der Waals surface area (Å²) in [6.45, 7) is 0. The van der Waals surface area contributed by atoms with Crippen molar-refractivity contribution in [2.24, 2.45) is 7.05 Å². The summed E-state index contributed by atoms with van der Waals surface area (Å²) in [5, 5.41) is 0. The number of ether oxygens (including phenoxy) is 1. The maximum absolute atomic E-state index is 12.1. The van der Waals surface area contributed by atoms with E-state index in [1.165, 1.54) is 0 Å². The third-order valence-electron chi connectivity index (χ3n) is 2.92. The van der Waals surface area contributed by atoms with E-state index in [1.807, 2.05) is 36.0 Å². The summed E-state index contributed by atoms with van der Waals surface area (Å²) in [7, 11) is 3.55. The highest BCUT2D eigenvalue weighted by atomic mass is 127. The fourth-order valence-electron chi connectivity index (χ4n) is 1.79. The number of ketones is 1. The van der Waals surface area contributed by atoms with Crippen molar-refractivity contribution in [1.29, 1.82) is 0 Å². The Hall–Kier alpha value is -1.43. The first-order valence-electron chi connectivity index (χ1n) is 5.81. The largest absolute Gasteiger partial charge is 1.00 e. The van der Waals surface area contributed by atoms with E-state index >= 15 is 0 Å². The Balaban J connectivity index is 0.00000180. The van der Waals surface area contributed by atoms with E-state index in [1.54, 1.807) is 31.4 Å². The zero-order valence-corrected chi connectivity index (χ0v) is 13.1. The smallest absolute Gasteiger partial charge is 0.188 e. The maximum atomic E-state index is 12.1. The molecule has 0 unspecified atom stereocenters. The monoisotopic (exact) mass is 369 g/mol. The summed E-state index contributed by atoms with van der Waals surface area (Å²) in [4.78, 5) is 12.1. The number of hydrogen-bond donors (Lipinski definition) is 0. The van der Waals surface area contributed by atoms with Gasteiger partial charge in [-0.1, -0.05) is 6.07 Å². The number of nitrogens with zero attached hydrogens (tertiary/aromatic N) is 1. The quantitative estimate of drug-likeness (QED) is 0.391. The molecule has 0 radical (unpaired) electrons. The van der Waals surface area contributed by atoms with Gasteiger partial charge in [0, 0.05) is 17.7 Å². The second kappa shape index (κ2) is 7.23. The number of benzene rings is 1. The summed E-state index contributed by atoms with van der Waals surface area (Å²) in [6.07, 6.45) is 2.35. The molecule has 100 valence electrons. The normalized spacial score (nSPS) is 9.58. The third-order valence-corrected chi connectivity index (χ3v) is 2.92. The van der Waals surface area contributed by atoms with Crippen LogP contribution in [0.4, 0.5) is 0 Å². The van der Waals surface area contributed by atoms with Crippen molar-refractivity contribution in [3.8, 4) is 5.75 Å². The van der Waals surface area contributed by atoms with Gasteiger partial charge < -0.3 is 28.7 Å². The molecule has 0 aliphatic heterocycles. The zero-order chi connectivity index (χ0) is 13.0.